The van der Waals surface area contributed by atoms with E-state index in [0.717, 1.165) is 0 Å². The number of benzene rings is 1. The second-order valence-electron chi connectivity index (χ2n) is 6.03. The van der Waals surface area contributed by atoms with E-state index < -0.39 is 5.82 Å². The van der Waals surface area contributed by atoms with Crippen molar-refractivity contribution in [3.8, 4) is 5.75 Å². The van der Waals surface area contributed by atoms with Crippen LogP contribution in [0.1, 0.15) is 0 Å². The Kier molecular flexibility index (Phi) is 7.80. The lowest BCUT2D eigenvalue weighted by Crippen LogP contribution is -2.58. The van der Waals surface area contributed by atoms with Crippen LogP contribution in [-0.2, 0) is 19.1 Å². The Hall–Kier alpha value is -2.19. The minimum Gasteiger partial charge on any atom is -0.481 e. The summed E-state index contributed by atoms with van der Waals surface area (Å²) in [5.74, 6) is -0.986. The van der Waals surface area contributed by atoms with Gasteiger partial charge in [-0.2, -0.15) is 0 Å². The maximum atomic E-state index is 13.5. The number of carbonyl (C=O) groups excluding carboxylic acids is 2. The average Bonchev–Trinajstić information content (AvgIpc) is 2.59. The average molecular weight is 368 g/mol. The molecule has 26 heavy (non-hydrogen) atoms. The van der Waals surface area contributed by atoms with Gasteiger partial charge in [0.25, 0.3) is 5.91 Å². The van der Waals surface area contributed by atoms with E-state index in [1.807, 2.05) is 0 Å². The Labute approximate surface area is 152 Å². The third-order valence-corrected chi connectivity index (χ3v) is 4.21. The molecule has 0 radical (unpaired) electrons. The van der Waals surface area contributed by atoms with Crippen molar-refractivity contribution in [3.05, 3.63) is 30.1 Å². The predicted octanol–water partition coefficient (Wildman–Crippen LogP) is 0.784. The van der Waals surface area contributed by atoms with Crippen molar-refractivity contribution >= 4 is 11.8 Å². The van der Waals surface area contributed by atoms with Gasteiger partial charge >= 0.3 is 0 Å². The molecule has 1 aliphatic heterocycles. The van der Waals surface area contributed by atoms with E-state index in [9.17, 15) is 14.0 Å². The van der Waals surface area contributed by atoms with Crippen molar-refractivity contribution in [3.63, 3.8) is 0 Å². The monoisotopic (exact) mass is 368 g/mol. The molecule has 1 aliphatic rings. The summed E-state index contributed by atoms with van der Waals surface area (Å²) in [4.78, 5) is 27.9. The van der Waals surface area contributed by atoms with Gasteiger partial charge in [0.2, 0.25) is 5.91 Å². The highest BCUT2D eigenvalue weighted by Crippen LogP contribution is 2.20. The summed E-state index contributed by atoms with van der Waals surface area (Å²) in [6.07, 6.45) is 0. The topological polar surface area (TPSA) is 68.3 Å². The summed E-state index contributed by atoms with van der Waals surface area (Å²) in [6.45, 7) is 2.30. The van der Waals surface area contributed by atoms with Crippen LogP contribution < -0.4 is 4.74 Å². The number of para-hydroxylation sites is 1. The van der Waals surface area contributed by atoms with Crippen LogP contribution in [0.5, 0.6) is 5.75 Å². The molecule has 0 N–H and O–H groups in total. The molecule has 2 amide bonds. The van der Waals surface area contributed by atoms with Crippen LogP contribution in [0.4, 0.5) is 4.39 Å². The Morgan fingerprint density at radius 1 is 1.15 bits per heavy atom. The van der Waals surface area contributed by atoms with Gasteiger partial charge in [-0.15, -0.1) is 0 Å². The molecule has 8 heteroatoms. The normalized spacial score (nSPS) is 14.0. The standard InChI is InChI=1S/C18H25FN2O5/c1-24-9-7-20(8-10-25-2)18(23)14-11-21(12-14)17(22)13-26-16-6-4-3-5-15(16)19/h3-6,14H,7-13H2,1-2H3. The molecule has 0 spiro atoms. The zero-order chi connectivity index (χ0) is 18.9. The molecule has 0 atom stereocenters. The summed E-state index contributed by atoms with van der Waals surface area (Å²) in [5.41, 5.74) is 0. The Balaban J connectivity index is 1.77. The minimum atomic E-state index is -0.510. The van der Waals surface area contributed by atoms with Crippen LogP contribution in [0.3, 0.4) is 0 Å². The molecular weight excluding hydrogens is 343 g/mol. The highest BCUT2D eigenvalue weighted by molar-refractivity contribution is 5.85. The highest BCUT2D eigenvalue weighted by atomic mass is 19.1. The third kappa shape index (κ3) is 5.40. The van der Waals surface area contributed by atoms with Crippen LogP contribution in [0.15, 0.2) is 24.3 Å². The zero-order valence-electron chi connectivity index (χ0n) is 15.2. The maximum absolute atomic E-state index is 13.5. The first-order chi connectivity index (χ1) is 12.6. The predicted molar refractivity (Wildman–Crippen MR) is 92.3 cm³/mol. The van der Waals surface area contributed by atoms with Crippen molar-refractivity contribution in [1.29, 1.82) is 0 Å². The number of rotatable bonds is 10. The first kappa shape index (κ1) is 20.1. The lowest BCUT2D eigenvalue weighted by atomic mass is 9.98. The Bertz CT molecular complexity index is 599. The summed E-state index contributed by atoms with van der Waals surface area (Å²) in [6, 6.07) is 5.92. The molecule has 144 valence electrons. The zero-order valence-corrected chi connectivity index (χ0v) is 15.2. The van der Waals surface area contributed by atoms with Gasteiger partial charge in [-0.25, -0.2) is 4.39 Å². The summed E-state index contributed by atoms with van der Waals surface area (Å²) in [5, 5.41) is 0. The number of carbonyl (C=O) groups is 2. The molecule has 7 nitrogen and oxygen atoms in total. The van der Waals surface area contributed by atoms with Crippen LogP contribution in [-0.4, -0.2) is 81.8 Å². The van der Waals surface area contributed by atoms with Gasteiger partial charge in [-0.3, -0.25) is 9.59 Å². The number of hydrogen-bond acceptors (Lipinski definition) is 5. The van der Waals surface area contributed by atoms with Crippen LogP contribution in [0, 0.1) is 11.7 Å². The number of nitrogens with zero attached hydrogens (tertiary/aromatic N) is 2. The Morgan fingerprint density at radius 3 is 2.35 bits per heavy atom. The first-order valence-corrected chi connectivity index (χ1v) is 8.48. The van der Waals surface area contributed by atoms with Gasteiger partial charge in [-0.1, -0.05) is 12.1 Å². The fraction of sp³-hybridized carbons (Fsp3) is 0.556. The van der Waals surface area contributed by atoms with Gasteiger partial charge in [0.05, 0.1) is 19.1 Å². The fourth-order valence-electron chi connectivity index (χ4n) is 2.62. The number of halogens is 1. The molecule has 1 heterocycles. The van der Waals surface area contributed by atoms with Gasteiger partial charge in [0, 0.05) is 40.4 Å². The van der Waals surface area contributed by atoms with Gasteiger partial charge in [0.1, 0.15) is 0 Å². The molecular formula is C18H25FN2O5. The molecule has 1 aromatic rings. The first-order valence-electron chi connectivity index (χ1n) is 8.48. The quantitative estimate of drug-likeness (QED) is 0.611. The molecule has 2 rings (SSSR count). The molecule has 0 unspecified atom stereocenters. The Morgan fingerprint density at radius 2 is 1.77 bits per heavy atom. The summed E-state index contributed by atoms with van der Waals surface area (Å²) in [7, 11) is 3.16. The van der Waals surface area contributed by atoms with Crippen molar-refractivity contribution in [2.45, 2.75) is 0 Å². The highest BCUT2D eigenvalue weighted by Gasteiger charge is 2.37. The van der Waals surface area contributed by atoms with Crippen molar-refractivity contribution in [2.24, 2.45) is 5.92 Å². The van der Waals surface area contributed by atoms with Gasteiger partial charge in [-0.05, 0) is 12.1 Å². The van der Waals surface area contributed by atoms with E-state index in [1.54, 1.807) is 31.3 Å². The van der Waals surface area contributed by atoms with E-state index >= 15 is 0 Å². The largest absolute Gasteiger partial charge is 0.481 e. The third-order valence-electron chi connectivity index (χ3n) is 4.21. The minimum absolute atomic E-state index is 0.0156. The van der Waals surface area contributed by atoms with E-state index in [-0.39, 0.29) is 30.1 Å². The van der Waals surface area contributed by atoms with E-state index in [0.29, 0.717) is 39.4 Å². The molecule has 1 aromatic carbocycles. The molecule has 0 aliphatic carbocycles. The van der Waals surface area contributed by atoms with Crippen molar-refractivity contribution in [2.75, 3.05) is 60.2 Å². The lowest BCUT2D eigenvalue weighted by molar-refractivity contribution is -0.150. The number of likely N-dealkylation sites (tertiary alicyclic amines) is 1. The second kappa shape index (κ2) is 10.1. The number of amides is 2. The van der Waals surface area contributed by atoms with Gasteiger partial charge in [0.15, 0.2) is 18.2 Å². The lowest BCUT2D eigenvalue weighted by Gasteiger charge is -2.40. The number of methoxy groups -OCH3 is 2. The van der Waals surface area contributed by atoms with Crippen LogP contribution in [0.2, 0.25) is 0 Å². The molecule has 0 aromatic heterocycles. The van der Waals surface area contributed by atoms with E-state index in [4.69, 9.17) is 14.2 Å². The molecule has 1 fully saturated rings. The number of hydrogen-bond donors (Lipinski definition) is 0. The SMILES string of the molecule is COCCN(CCOC)C(=O)C1CN(C(=O)COc2ccccc2F)C1. The molecule has 0 bridgehead atoms. The summed E-state index contributed by atoms with van der Waals surface area (Å²) < 4.78 is 28.7. The van der Waals surface area contributed by atoms with E-state index in [2.05, 4.69) is 0 Å². The maximum Gasteiger partial charge on any atom is 0.260 e. The molecule has 0 saturated carbocycles. The van der Waals surface area contributed by atoms with Crippen molar-refractivity contribution in [1.82, 2.24) is 9.80 Å². The second-order valence-corrected chi connectivity index (χ2v) is 6.03. The van der Waals surface area contributed by atoms with E-state index in [1.165, 1.54) is 17.0 Å². The summed E-state index contributed by atoms with van der Waals surface area (Å²) >= 11 is 0. The van der Waals surface area contributed by atoms with Gasteiger partial charge < -0.3 is 24.0 Å². The smallest absolute Gasteiger partial charge is 0.260 e. The molecule has 1 saturated heterocycles. The van der Waals surface area contributed by atoms with Crippen molar-refractivity contribution < 1.29 is 28.2 Å². The number of ether oxygens (including phenoxy) is 3. The fourth-order valence-corrected chi connectivity index (χ4v) is 2.62. The van der Waals surface area contributed by atoms with Crippen LogP contribution in [0.25, 0.3) is 0 Å². The van der Waals surface area contributed by atoms with Crippen LogP contribution >= 0.6 is 0 Å².